The Labute approximate surface area is 161 Å². The number of amides is 1. The van der Waals surface area contributed by atoms with Crippen molar-refractivity contribution in [1.29, 1.82) is 0 Å². The van der Waals surface area contributed by atoms with E-state index in [1.165, 1.54) is 19.4 Å². The topological polar surface area (TPSA) is 123 Å². The molecule has 0 fully saturated rings. The van der Waals surface area contributed by atoms with Crippen molar-refractivity contribution in [2.45, 2.75) is 20.8 Å². The number of hydrogen-bond acceptors (Lipinski definition) is 7. The zero-order valence-electron chi connectivity index (χ0n) is 16.0. The molecule has 2 N–H and O–H groups in total. The molecule has 2 aromatic rings. The number of rotatable bonds is 7. The molecule has 148 valence electrons. The molecular weight excluding hydrogens is 366 g/mol. The van der Waals surface area contributed by atoms with Crippen LogP contribution in [0.1, 0.15) is 22.3 Å². The van der Waals surface area contributed by atoms with Gasteiger partial charge < -0.3 is 14.6 Å². The summed E-state index contributed by atoms with van der Waals surface area (Å²) in [5, 5.41) is 24.5. The zero-order valence-corrected chi connectivity index (χ0v) is 16.0. The second kappa shape index (κ2) is 8.85. The maximum absolute atomic E-state index is 11.9. The molecule has 0 bridgehead atoms. The highest BCUT2D eigenvalue weighted by Gasteiger charge is 2.19. The molecule has 0 atom stereocenters. The number of benzene rings is 2. The first-order valence-electron chi connectivity index (χ1n) is 8.31. The third-order valence-corrected chi connectivity index (χ3v) is 4.02. The number of hydrazone groups is 1. The van der Waals surface area contributed by atoms with Crippen LogP contribution in [0.3, 0.4) is 0 Å². The van der Waals surface area contributed by atoms with Crippen LogP contribution in [0.2, 0.25) is 0 Å². The summed E-state index contributed by atoms with van der Waals surface area (Å²) in [5.74, 6) is -0.521. The van der Waals surface area contributed by atoms with E-state index >= 15 is 0 Å². The molecule has 0 heterocycles. The molecule has 0 aliphatic heterocycles. The van der Waals surface area contributed by atoms with Gasteiger partial charge in [0, 0.05) is 11.6 Å². The summed E-state index contributed by atoms with van der Waals surface area (Å²) >= 11 is 0. The Bertz CT molecular complexity index is 940. The first-order chi connectivity index (χ1) is 13.2. The van der Waals surface area contributed by atoms with Crippen molar-refractivity contribution >= 4 is 17.8 Å². The van der Waals surface area contributed by atoms with Gasteiger partial charge in [0.05, 0.1) is 18.2 Å². The number of methoxy groups -OCH3 is 1. The molecule has 0 aliphatic carbocycles. The lowest BCUT2D eigenvalue weighted by Crippen LogP contribution is -2.24. The van der Waals surface area contributed by atoms with Gasteiger partial charge >= 0.3 is 5.69 Å². The van der Waals surface area contributed by atoms with Gasteiger partial charge in [0.25, 0.3) is 5.91 Å². The maximum atomic E-state index is 11.9. The number of phenolic OH excluding ortho intramolecular Hbond substituents is 1. The van der Waals surface area contributed by atoms with E-state index in [4.69, 9.17) is 9.47 Å². The first-order valence-corrected chi connectivity index (χ1v) is 8.31. The van der Waals surface area contributed by atoms with Gasteiger partial charge in [-0.2, -0.15) is 5.10 Å². The first kappa shape index (κ1) is 20.7. The highest BCUT2D eigenvalue weighted by molar-refractivity contribution is 5.85. The number of aryl methyl sites for hydroxylation is 2. The van der Waals surface area contributed by atoms with Gasteiger partial charge in [-0.25, -0.2) is 5.43 Å². The predicted octanol–water partition coefficient (Wildman–Crippen LogP) is 2.76. The minimum atomic E-state index is -0.742. The van der Waals surface area contributed by atoms with Gasteiger partial charge in [0.15, 0.2) is 12.4 Å². The van der Waals surface area contributed by atoms with Crippen LogP contribution in [0.25, 0.3) is 0 Å². The minimum absolute atomic E-state index is 0.0735. The summed E-state index contributed by atoms with van der Waals surface area (Å²) in [7, 11) is 1.27. The van der Waals surface area contributed by atoms with Gasteiger partial charge in [-0.15, -0.1) is 0 Å². The number of ether oxygens (including phenoxy) is 2. The lowest BCUT2D eigenvalue weighted by atomic mass is 10.1. The standard InChI is InChI=1S/C19H21N3O6/c1-11-5-12(2)13(3)16(6-11)28-10-18(23)21-20-9-14-7-15(22(25)26)19(24)17(8-14)27-4/h5-9,24H,10H2,1-4H3,(H,21,23)/b20-9+. The number of carbonyl (C=O) groups is 1. The Morgan fingerprint density at radius 2 is 1.96 bits per heavy atom. The van der Waals surface area contributed by atoms with E-state index in [-0.39, 0.29) is 17.9 Å². The average molecular weight is 387 g/mol. The van der Waals surface area contributed by atoms with E-state index in [0.29, 0.717) is 5.75 Å². The summed E-state index contributed by atoms with van der Waals surface area (Å²) in [6, 6.07) is 6.34. The molecule has 2 rings (SSSR count). The lowest BCUT2D eigenvalue weighted by Gasteiger charge is -2.11. The SMILES string of the molecule is COc1cc(/C=N/NC(=O)COc2cc(C)cc(C)c2C)cc([N+](=O)[O-])c1O. The summed E-state index contributed by atoms with van der Waals surface area (Å²) in [4.78, 5) is 22.2. The van der Waals surface area contributed by atoms with Crippen molar-refractivity contribution in [3.63, 3.8) is 0 Å². The predicted molar refractivity (Wildman–Crippen MR) is 103 cm³/mol. The van der Waals surface area contributed by atoms with E-state index in [1.807, 2.05) is 32.9 Å². The number of aromatic hydroxyl groups is 1. The fourth-order valence-electron chi connectivity index (χ4n) is 2.49. The molecule has 0 aliphatic rings. The van der Waals surface area contributed by atoms with E-state index in [9.17, 15) is 20.0 Å². The minimum Gasteiger partial charge on any atom is -0.500 e. The average Bonchev–Trinajstić information content (AvgIpc) is 2.64. The van der Waals surface area contributed by atoms with Crippen LogP contribution in [0.4, 0.5) is 5.69 Å². The molecule has 0 saturated heterocycles. The lowest BCUT2D eigenvalue weighted by molar-refractivity contribution is -0.386. The van der Waals surface area contributed by atoms with Gasteiger partial charge in [-0.05, 0) is 49.6 Å². The van der Waals surface area contributed by atoms with Crippen molar-refractivity contribution in [3.05, 3.63) is 56.6 Å². The third kappa shape index (κ3) is 4.97. The van der Waals surface area contributed by atoms with Crippen molar-refractivity contribution in [1.82, 2.24) is 5.43 Å². The molecule has 28 heavy (non-hydrogen) atoms. The van der Waals surface area contributed by atoms with Crippen molar-refractivity contribution in [2.75, 3.05) is 13.7 Å². The number of carbonyl (C=O) groups excluding carboxylic acids is 1. The molecule has 9 heteroatoms. The Kier molecular flexibility index (Phi) is 6.54. The van der Waals surface area contributed by atoms with E-state index in [0.717, 1.165) is 22.8 Å². The van der Waals surface area contributed by atoms with Crippen LogP contribution in [0.15, 0.2) is 29.4 Å². The fraction of sp³-hybridized carbons (Fsp3) is 0.263. The van der Waals surface area contributed by atoms with Gasteiger partial charge in [0.2, 0.25) is 5.75 Å². The Balaban J connectivity index is 2.02. The van der Waals surface area contributed by atoms with Crippen molar-refractivity contribution in [2.24, 2.45) is 5.10 Å². The summed E-state index contributed by atoms with van der Waals surface area (Å²) in [6.07, 6.45) is 1.20. The highest BCUT2D eigenvalue weighted by atomic mass is 16.6. The van der Waals surface area contributed by atoms with Gasteiger partial charge in [0.1, 0.15) is 5.75 Å². The monoisotopic (exact) mass is 387 g/mol. The van der Waals surface area contributed by atoms with E-state index < -0.39 is 22.3 Å². The Hall–Kier alpha value is -3.62. The van der Waals surface area contributed by atoms with E-state index in [1.54, 1.807) is 0 Å². The smallest absolute Gasteiger partial charge is 0.315 e. The summed E-state index contributed by atoms with van der Waals surface area (Å²) in [6.45, 7) is 5.57. The third-order valence-electron chi connectivity index (χ3n) is 4.02. The van der Waals surface area contributed by atoms with Gasteiger partial charge in [-0.3, -0.25) is 14.9 Å². The van der Waals surface area contributed by atoms with Crippen LogP contribution in [-0.4, -0.2) is 35.9 Å². The van der Waals surface area contributed by atoms with Crippen molar-refractivity contribution < 1.29 is 24.3 Å². The molecule has 1 amide bonds. The molecule has 0 saturated carbocycles. The normalized spacial score (nSPS) is 10.7. The number of nitro groups is 1. The van der Waals surface area contributed by atoms with Crippen LogP contribution in [0.5, 0.6) is 17.2 Å². The van der Waals surface area contributed by atoms with E-state index in [2.05, 4.69) is 10.5 Å². The van der Waals surface area contributed by atoms with Crippen LogP contribution in [0, 0.1) is 30.9 Å². The Morgan fingerprint density at radius 1 is 1.25 bits per heavy atom. The van der Waals surface area contributed by atoms with Crippen molar-refractivity contribution in [3.8, 4) is 17.2 Å². The van der Waals surface area contributed by atoms with Crippen LogP contribution in [-0.2, 0) is 4.79 Å². The fourth-order valence-corrected chi connectivity index (χ4v) is 2.49. The molecule has 0 radical (unpaired) electrons. The largest absolute Gasteiger partial charge is 0.500 e. The van der Waals surface area contributed by atoms with Crippen LogP contribution < -0.4 is 14.9 Å². The van der Waals surface area contributed by atoms with Crippen LogP contribution >= 0.6 is 0 Å². The molecular formula is C19H21N3O6. The number of phenols is 1. The quantitative estimate of drug-likeness (QED) is 0.428. The van der Waals surface area contributed by atoms with Gasteiger partial charge in [-0.1, -0.05) is 6.07 Å². The second-order valence-electron chi connectivity index (χ2n) is 6.13. The summed E-state index contributed by atoms with van der Waals surface area (Å²) < 4.78 is 10.4. The number of nitro benzene ring substituents is 1. The molecule has 0 unspecified atom stereocenters. The number of hydrogen-bond donors (Lipinski definition) is 2. The maximum Gasteiger partial charge on any atom is 0.315 e. The number of nitrogens with zero attached hydrogens (tertiary/aromatic N) is 2. The zero-order chi connectivity index (χ0) is 20.8. The number of nitrogens with one attached hydrogen (secondary N) is 1. The molecule has 2 aromatic carbocycles. The summed E-state index contributed by atoms with van der Waals surface area (Å²) in [5.41, 5.74) is 5.07. The second-order valence-corrected chi connectivity index (χ2v) is 6.13. The Morgan fingerprint density at radius 3 is 2.61 bits per heavy atom. The molecule has 9 nitrogen and oxygen atoms in total. The molecule has 0 spiro atoms. The highest BCUT2D eigenvalue weighted by Crippen LogP contribution is 2.36. The molecule has 0 aromatic heterocycles.